The summed E-state index contributed by atoms with van der Waals surface area (Å²) in [5, 5.41) is 3.43. The standard InChI is InChI=1S/C16H25N3O/c1-12(2)17-9-13(3)10-19-15-8-6-5-7-14(15)11-18(4)16(19)20/h5-8,12-13,17H,9-11H2,1-4H3. The third kappa shape index (κ3) is 3.31. The predicted octanol–water partition coefficient (Wildman–Crippen LogP) is 2.69. The predicted molar refractivity (Wildman–Crippen MR) is 83.0 cm³/mol. The molecule has 0 saturated heterocycles. The molecular weight excluding hydrogens is 250 g/mol. The fourth-order valence-electron chi connectivity index (χ4n) is 2.53. The average molecular weight is 275 g/mol. The summed E-state index contributed by atoms with van der Waals surface area (Å²) in [6.07, 6.45) is 0. The zero-order valence-corrected chi connectivity index (χ0v) is 12.9. The summed E-state index contributed by atoms with van der Waals surface area (Å²) >= 11 is 0. The number of hydrogen-bond acceptors (Lipinski definition) is 2. The number of hydrogen-bond donors (Lipinski definition) is 1. The van der Waals surface area contributed by atoms with Crippen molar-refractivity contribution in [1.29, 1.82) is 0 Å². The van der Waals surface area contributed by atoms with Crippen LogP contribution in [0.5, 0.6) is 0 Å². The van der Waals surface area contributed by atoms with Crippen LogP contribution in [0.1, 0.15) is 26.3 Å². The van der Waals surface area contributed by atoms with Crippen molar-refractivity contribution in [2.45, 2.75) is 33.4 Å². The van der Waals surface area contributed by atoms with Gasteiger partial charge in [-0.2, -0.15) is 0 Å². The number of benzene rings is 1. The molecule has 0 saturated carbocycles. The molecule has 1 aliphatic rings. The van der Waals surface area contributed by atoms with E-state index in [-0.39, 0.29) is 6.03 Å². The molecule has 0 aliphatic carbocycles. The van der Waals surface area contributed by atoms with Crippen molar-refractivity contribution < 1.29 is 4.79 Å². The van der Waals surface area contributed by atoms with Crippen LogP contribution >= 0.6 is 0 Å². The summed E-state index contributed by atoms with van der Waals surface area (Å²) in [6.45, 7) is 8.83. The van der Waals surface area contributed by atoms with E-state index in [2.05, 4.69) is 32.2 Å². The zero-order valence-electron chi connectivity index (χ0n) is 12.9. The lowest BCUT2D eigenvalue weighted by atomic mass is 10.1. The van der Waals surface area contributed by atoms with E-state index < -0.39 is 0 Å². The Balaban J connectivity index is 2.11. The normalized spacial score (nSPS) is 16.6. The van der Waals surface area contributed by atoms with Crippen LogP contribution in [-0.2, 0) is 6.54 Å². The lowest BCUT2D eigenvalue weighted by Gasteiger charge is -2.36. The van der Waals surface area contributed by atoms with Crippen LogP contribution in [0.25, 0.3) is 0 Å². The summed E-state index contributed by atoms with van der Waals surface area (Å²) < 4.78 is 0. The van der Waals surface area contributed by atoms with E-state index in [1.807, 2.05) is 30.1 Å². The molecule has 0 spiro atoms. The van der Waals surface area contributed by atoms with Crippen molar-refractivity contribution in [3.05, 3.63) is 29.8 Å². The zero-order chi connectivity index (χ0) is 14.7. The summed E-state index contributed by atoms with van der Waals surface area (Å²) in [6, 6.07) is 8.75. The number of anilines is 1. The molecule has 2 amide bonds. The molecule has 1 aromatic rings. The van der Waals surface area contributed by atoms with Gasteiger partial charge < -0.3 is 10.2 Å². The first-order valence-electron chi connectivity index (χ1n) is 7.33. The van der Waals surface area contributed by atoms with E-state index in [1.54, 1.807) is 4.90 Å². The lowest BCUT2D eigenvalue weighted by Crippen LogP contribution is -2.48. The van der Waals surface area contributed by atoms with E-state index >= 15 is 0 Å². The Morgan fingerprint density at radius 1 is 1.25 bits per heavy atom. The van der Waals surface area contributed by atoms with Crippen molar-refractivity contribution in [1.82, 2.24) is 10.2 Å². The molecule has 110 valence electrons. The third-order valence-electron chi connectivity index (χ3n) is 3.62. The average Bonchev–Trinajstić information content (AvgIpc) is 2.41. The molecule has 1 N–H and O–H groups in total. The minimum Gasteiger partial charge on any atom is -0.323 e. The van der Waals surface area contributed by atoms with Crippen LogP contribution in [0.3, 0.4) is 0 Å². The van der Waals surface area contributed by atoms with Gasteiger partial charge in [-0.1, -0.05) is 39.0 Å². The summed E-state index contributed by atoms with van der Waals surface area (Å²) in [5.41, 5.74) is 2.28. The van der Waals surface area contributed by atoms with Crippen molar-refractivity contribution >= 4 is 11.7 Å². The summed E-state index contributed by atoms with van der Waals surface area (Å²) in [7, 11) is 1.86. The number of para-hydroxylation sites is 1. The number of urea groups is 1. The van der Waals surface area contributed by atoms with Crippen molar-refractivity contribution in [2.75, 3.05) is 25.0 Å². The third-order valence-corrected chi connectivity index (χ3v) is 3.62. The Bertz CT molecular complexity index is 473. The van der Waals surface area contributed by atoms with E-state index in [0.29, 0.717) is 18.5 Å². The largest absolute Gasteiger partial charge is 0.324 e. The second kappa shape index (κ2) is 6.27. The molecule has 4 heteroatoms. The van der Waals surface area contributed by atoms with Crippen molar-refractivity contribution in [2.24, 2.45) is 5.92 Å². The first-order chi connectivity index (χ1) is 9.49. The van der Waals surface area contributed by atoms with Crippen molar-refractivity contribution in [3.8, 4) is 0 Å². The SMILES string of the molecule is CC(CNC(C)C)CN1C(=O)N(C)Cc2ccccc21. The molecule has 20 heavy (non-hydrogen) atoms. The number of rotatable bonds is 5. The van der Waals surface area contributed by atoms with Gasteiger partial charge >= 0.3 is 6.03 Å². The first kappa shape index (κ1) is 14.9. The van der Waals surface area contributed by atoms with Gasteiger partial charge in [-0.15, -0.1) is 0 Å². The van der Waals surface area contributed by atoms with E-state index in [0.717, 1.165) is 18.8 Å². The molecule has 1 unspecified atom stereocenters. The second-order valence-corrected chi connectivity index (χ2v) is 6.05. The number of fused-ring (bicyclic) bond motifs is 1. The van der Waals surface area contributed by atoms with E-state index in [1.165, 1.54) is 5.56 Å². The minimum absolute atomic E-state index is 0.0973. The Labute approximate surface area is 121 Å². The molecule has 2 rings (SSSR count). The Morgan fingerprint density at radius 3 is 2.65 bits per heavy atom. The smallest absolute Gasteiger partial charge is 0.323 e. The molecular formula is C16H25N3O. The summed E-state index contributed by atoms with van der Waals surface area (Å²) in [5.74, 6) is 0.418. The van der Waals surface area contributed by atoms with Gasteiger partial charge in [-0.05, 0) is 24.1 Å². The Hall–Kier alpha value is -1.55. The lowest BCUT2D eigenvalue weighted by molar-refractivity contribution is 0.209. The van der Waals surface area contributed by atoms with Gasteiger partial charge in [0.1, 0.15) is 0 Å². The number of nitrogens with one attached hydrogen (secondary N) is 1. The van der Waals surface area contributed by atoms with Gasteiger partial charge in [-0.3, -0.25) is 4.90 Å². The molecule has 4 nitrogen and oxygen atoms in total. The van der Waals surface area contributed by atoms with Gasteiger partial charge in [0, 0.05) is 26.2 Å². The number of nitrogens with zero attached hydrogens (tertiary/aromatic N) is 2. The fraction of sp³-hybridized carbons (Fsp3) is 0.562. The number of carbonyl (C=O) groups excluding carboxylic acids is 1. The molecule has 1 aromatic carbocycles. The fourth-order valence-corrected chi connectivity index (χ4v) is 2.53. The maximum atomic E-state index is 12.4. The molecule has 0 radical (unpaired) electrons. The van der Waals surface area contributed by atoms with Crippen molar-refractivity contribution in [3.63, 3.8) is 0 Å². The van der Waals surface area contributed by atoms with Crippen LogP contribution < -0.4 is 10.2 Å². The van der Waals surface area contributed by atoms with Crippen LogP contribution in [-0.4, -0.2) is 37.1 Å². The van der Waals surface area contributed by atoms with Gasteiger partial charge in [0.05, 0.1) is 5.69 Å². The Morgan fingerprint density at radius 2 is 1.95 bits per heavy atom. The van der Waals surface area contributed by atoms with Crippen LogP contribution in [0.4, 0.5) is 10.5 Å². The quantitative estimate of drug-likeness (QED) is 0.897. The number of carbonyl (C=O) groups is 1. The highest BCUT2D eigenvalue weighted by atomic mass is 16.2. The van der Waals surface area contributed by atoms with Gasteiger partial charge in [0.25, 0.3) is 0 Å². The second-order valence-electron chi connectivity index (χ2n) is 6.05. The maximum absolute atomic E-state index is 12.4. The molecule has 0 bridgehead atoms. The van der Waals surface area contributed by atoms with E-state index in [4.69, 9.17) is 0 Å². The molecule has 0 fully saturated rings. The molecule has 0 aromatic heterocycles. The Kier molecular flexibility index (Phi) is 4.65. The highest BCUT2D eigenvalue weighted by Crippen LogP contribution is 2.28. The van der Waals surface area contributed by atoms with Crippen LogP contribution in [0.15, 0.2) is 24.3 Å². The molecule has 1 heterocycles. The molecule has 1 atom stereocenters. The maximum Gasteiger partial charge on any atom is 0.324 e. The van der Waals surface area contributed by atoms with E-state index in [9.17, 15) is 4.79 Å². The van der Waals surface area contributed by atoms with Crippen LogP contribution in [0, 0.1) is 5.92 Å². The topological polar surface area (TPSA) is 35.6 Å². The van der Waals surface area contributed by atoms with Gasteiger partial charge in [-0.25, -0.2) is 4.79 Å². The monoisotopic (exact) mass is 275 g/mol. The van der Waals surface area contributed by atoms with Crippen LogP contribution in [0.2, 0.25) is 0 Å². The van der Waals surface area contributed by atoms with Gasteiger partial charge in [0.2, 0.25) is 0 Å². The highest BCUT2D eigenvalue weighted by molar-refractivity contribution is 5.94. The van der Waals surface area contributed by atoms with Gasteiger partial charge in [0.15, 0.2) is 0 Å². The molecule has 1 aliphatic heterocycles. The number of amides is 2. The highest BCUT2D eigenvalue weighted by Gasteiger charge is 2.28. The first-order valence-corrected chi connectivity index (χ1v) is 7.33. The summed E-state index contributed by atoms with van der Waals surface area (Å²) in [4.78, 5) is 16.1. The minimum atomic E-state index is 0.0973.